The fourth-order valence-electron chi connectivity index (χ4n) is 1.64. The van der Waals surface area contributed by atoms with Gasteiger partial charge >= 0.3 is 0 Å². The second-order valence-corrected chi connectivity index (χ2v) is 3.78. The molecule has 0 saturated heterocycles. The van der Waals surface area contributed by atoms with Crippen molar-refractivity contribution in [2.75, 3.05) is 11.1 Å². The number of aromatic nitrogens is 3. The normalized spacial score (nSPS) is 10.7. The molecular weight excluding hydrogens is 230 g/mol. The predicted molar refractivity (Wildman–Crippen MR) is 67.8 cm³/mol. The standard InChI is InChI=1S/C12H11N5O/c13-9-4-1-5-10-11(9)16-12(18-10)14-7-8-3-2-6-15-17-8/h1-6H,7,13H2,(H,14,16). The summed E-state index contributed by atoms with van der Waals surface area (Å²) in [6, 6.07) is 9.57. The molecule has 6 heteroatoms. The van der Waals surface area contributed by atoms with Gasteiger partial charge in [-0.15, -0.1) is 0 Å². The summed E-state index contributed by atoms with van der Waals surface area (Å²) in [6.45, 7) is 0.501. The Kier molecular flexibility index (Phi) is 2.53. The average Bonchev–Trinajstić information content (AvgIpc) is 2.82. The highest BCUT2D eigenvalue weighted by atomic mass is 16.4. The van der Waals surface area contributed by atoms with Crippen molar-refractivity contribution in [2.45, 2.75) is 6.54 Å². The molecule has 0 bridgehead atoms. The number of nitrogens with one attached hydrogen (secondary N) is 1. The van der Waals surface area contributed by atoms with Crippen LogP contribution in [-0.4, -0.2) is 15.2 Å². The first-order chi connectivity index (χ1) is 8.83. The van der Waals surface area contributed by atoms with Crippen LogP contribution in [0.5, 0.6) is 0 Å². The molecule has 3 rings (SSSR count). The molecule has 0 fully saturated rings. The van der Waals surface area contributed by atoms with Crippen molar-refractivity contribution in [3.8, 4) is 0 Å². The van der Waals surface area contributed by atoms with Crippen LogP contribution < -0.4 is 11.1 Å². The third-order valence-corrected chi connectivity index (χ3v) is 2.50. The predicted octanol–water partition coefficient (Wildman–Crippen LogP) is 1.81. The first-order valence-corrected chi connectivity index (χ1v) is 5.48. The van der Waals surface area contributed by atoms with Crippen LogP contribution in [0.25, 0.3) is 11.1 Å². The number of benzene rings is 1. The highest BCUT2D eigenvalue weighted by Gasteiger charge is 2.07. The zero-order valence-electron chi connectivity index (χ0n) is 9.50. The van der Waals surface area contributed by atoms with Crippen LogP contribution in [0, 0.1) is 0 Å². The molecule has 1 aromatic carbocycles. The van der Waals surface area contributed by atoms with Crippen LogP contribution in [-0.2, 0) is 6.54 Å². The molecular formula is C12H11N5O. The molecule has 2 aromatic heterocycles. The van der Waals surface area contributed by atoms with Gasteiger partial charge in [-0.3, -0.25) is 0 Å². The number of hydrogen-bond acceptors (Lipinski definition) is 6. The van der Waals surface area contributed by atoms with Crippen LogP contribution in [0.3, 0.4) is 0 Å². The minimum Gasteiger partial charge on any atom is -0.423 e. The maximum Gasteiger partial charge on any atom is 0.296 e. The van der Waals surface area contributed by atoms with Crippen molar-refractivity contribution >= 4 is 22.8 Å². The zero-order chi connectivity index (χ0) is 12.4. The topological polar surface area (TPSA) is 89.9 Å². The lowest BCUT2D eigenvalue weighted by Gasteiger charge is -1.98. The van der Waals surface area contributed by atoms with E-state index < -0.39 is 0 Å². The minimum atomic E-state index is 0.425. The Balaban J connectivity index is 1.81. The number of nitrogens with zero attached hydrogens (tertiary/aromatic N) is 3. The van der Waals surface area contributed by atoms with Crippen LogP contribution in [0.2, 0.25) is 0 Å². The summed E-state index contributed by atoms with van der Waals surface area (Å²) in [5.41, 5.74) is 8.55. The van der Waals surface area contributed by atoms with Crippen molar-refractivity contribution in [3.05, 3.63) is 42.2 Å². The van der Waals surface area contributed by atoms with Gasteiger partial charge in [0.2, 0.25) is 0 Å². The molecule has 0 spiro atoms. The first-order valence-electron chi connectivity index (χ1n) is 5.48. The second-order valence-electron chi connectivity index (χ2n) is 3.78. The summed E-state index contributed by atoms with van der Waals surface area (Å²) in [5.74, 6) is 0. The molecule has 2 heterocycles. The van der Waals surface area contributed by atoms with Gasteiger partial charge in [-0.25, -0.2) is 0 Å². The molecule has 6 nitrogen and oxygen atoms in total. The van der Waals surface area contributed by atoms with Crippen LogP contribution in [0.4, 0.5) is 11.7 Å². The SMILES string of the molecule is Nc1cccc2oc(NCc3cccnn3)nc12. The van der Waals surface area contributed by atoms with Gasteiger partial charge in [-0.1, -0.05) is 6.07 Å². The quantitative estimate of drug-likeness (QED) is 0.680. The smallest absolute Gasteiger partial charge is 0.296 e. The molecule has 0 aliphatic rings. The minimum absolute atomic E-state index is 0.425. The van der Waals surface area contributed by atoms with Crippen molar-refractivity contribution in [1.29, 1.82) is 0 Å². The van der Waals surface area contributed by atoms with Crippen molar-refractivity contribution in [3.63, 3.8) is 0 Å². The molecule has 3 aromatic rings. The Hall–Kier alpha value is -2.63. The lowest BCUT2D eigenvalue weighted by Crippen LogP contribution is -2.02. The van der Waals surface area contributed by atoms with Gasteiger partial charge in [0.15, 0.2) is 5.58 Å². The third-order valence-electron chi connectivity index (χ3n) is 2.50. The summed E-state index contributed by atoms with van der Waals surface area (Å²) < 4.78 is 5.52. The lowest BCUT2D eigenvalue weighted by atomic mass is 10.3. The van der Waals surface area contributed by atoms with E-state index in [0.29, 0.717) is 29.3 Å². The van der Waals surface area contributed by atoms with Crippen LogP contribution in [0.1, 0.15) is 5.69 Å². The van der Waals surface area contributed by atoms with Gasteiger partial charge in [0.05, 0.1) is 17.9 Å². The lowest BCUT2D eigenvalue weighted by molar-refractivity contribution is 0.613. The largest absolute Gasteiger partial charge is 0.423 e. The van der Waals surface area contributed by atoms with Crippen LogP contribution >= 0.6 is 0 Å². The van der Waals surface area contributed by atoms with Crippen molar-refractivity contribution in [1.82, 2.24) is 15.2 Å². The Labute approximate surface area is 103 Å². The Bertz CT molecular complexity index is 665. The number of fused-ring (bicyclic) bond motifs is 1. The zero-order valence-corrected chi connectivity index (χ0v) is 9.50. The number of para-hydroxylation sites is 1. The molecule has 0 aliphatic carbocycles. The first kappa shape index (κ1) is 10.5. The Morgan fingerprint density at radius 3 is 2.94 bits per heavy atom. The molecule has 0 aliphatic heterocycles. The van der Waals surface area contributed by atoms with Crippen molar-refractivity contribution < 1.29 is 4.42 Å². The van der Waals surface area contributed by atoms with Gasteiger partial charge in [-0.05, 0) is 24.3 Å². The van der Waals surface area contributed by atoms with E-state index in [2.05, 4.69) is 20.5 Å². The molecule has 0 amide bonds. The van der Waals surface area contributed by atoms with Gasteiger partial charge in [0.1, 0.15) is 5.52 Å². The van der Waals surface area contributed by atoms with E-state index in [1.54, 1.807) is 12.3 Å². The third kappa shape index (κ3) is 1.95. The van der Waals surface area contributed by atoms with Gasteiger partial charge < -0.3 is 15.5 Å². The number of rotatable bonds is 3. The van der Waals surface area contributed by atoms with E-state index in [4.69, 9.17) is 10.2 Å². The fraction of sp³-hybridized carbons (Fsp3) is 0.0833. The number of hydrogen-bond donors (Lipinski definition) is 2. The highest BCUT2D eigenvalue weighted by Crippen LogP contribution is 2.23. The average molecular weight is 241 g/mol. The van der Waals surface area contributed by atoms with Gasteiger partial charge in [0.25, 0.3) is 6.01 Å². The van der Waals surface area contributed by atoms with Gasteiger partial charge in [-0.2, -0.15) is 15.2 Å². The molecule has 0 unspecified atom stereocenters. The molecule has 90 valence electrons. The summed E-state index contributed by atoms with van der Waals surface area (Å²) in [5, 5.41) is 10.8. The molecule has 0 radical (unpaired) electrons. The van der Waals surface area contributed by atoms with E-state index in [9.17, 15) is 0 Å². The maximum absolute atomic E-state index is 5.80. The monoisotopic (exact) mass is 241 g/mol. The van der Waals surface area contributed by atoms with E-state index in [0.717, 1.165) is 5.69 Å². The summed E-state index contributed by atoms with van der Waals surface area (Å²) in [4.78, 5) is 4.28. The summed E-state index contributed by atoms with van der Waals surface area (Å²) in [7, 11) is 0. The van der Waals surface area contributed by atoms with Crippen LogP contribution in [0.15, 0.2) is 40.9 Å². The molecule has 0 atom stereocenters. The van der Waals surface area contributed by atoms with E-state index in [1.807, 2.05) is 24.3 Å². The number of nitrogens with two attached hydrogens (primary N) is 1. The maximum atomic E-state index is 5.80. The number of oxazole rings is 1. The highest BCUT2D eigenvalue weighted by molar-refractivity contribution is 5.86. The number of anilines is 2. The summed E-state index contributed by atoms with van der Waals surface area (Å²) in [6.07, 6.45) is 1.63. The molecule has 3 N–H and O–H groups in total. The molecule has 0 saturated carbocycles. The van der Waals surface area contributed by atoms with Crippen molar-refractivity contribution in [2.24, 2.45) is 0 Å². The Morgan fingerprint density at radius 1 is 1.22 bits per heavy atom. The van der Waals surface area contributed by atoms with Gasteiger partial charge in [0, 0.05) is 6.20 Å². The second kappa shape index (κ2) is 4.33. The Morgan fingerprint density at radius 2 is 2.17 bits per heavy atom. The number of nitrogen functional groups attached to an aromatic ring is 1. The van der Waals surface area contributed by atoms with E-state index in [1.165, 1.54) is 0 Å². The van der Waals surface area contributed by atoms with E-state index in [-0.39, 0.29) is 0 Å². The fourth-order valence-corrected chi connectivity index (χ4v) is 1.64. The molecule has 18 heavy (non-hydrogen) atoms. The summed E-state index contributed by atoms with van der Waals surface area (Å²) >= 11 is 0. The van der Waals surface area contributed by atoms with E-state index >= 15 is 0 Å².